The number of rotatable bonds is 8. The summed E-state index contributed by atoms with van der Waals surface area (Å²) in [5.74, 6) is 0.636. The standard InChI is InChI=1S/C15H28FN4O4P2.Nd.Y/c1-12(8-18-21)7-17-15-11-25-10-14(24-15)9-23-26(2,22)20-5-3-13(19-16)4-6-20;;/h7,9,13,15,18-19,21,25H,3-6,8,10-11H2,1-2H3;;/q-1;;/b12-7-,14-9?;;. The predicted octanol–water partition coefficient (Wildman–Crippen LogP) is 2.89. The van der Waals surface area contributed by atoms with Gasteiger partial charge in [0.05, 0.1) is 0 Å². The van der Waals surface area contributed by atoms with Gasteiger partial charge in [0.2, 0.25) is 0 Å². The van der Waals surface area contributed by atoms with E-state index in [2.05, 4.69) is 10.8 Å². The van der Waals surface area contributed by atoms with Crippen LogP contribution >= 0.6 is 16.1 Å². The van der Waals surface area contributed by atoms with Crippen LogP contribution in [0.2, 0.25) is 0 Å². The summed E-state index contributed by atoms with van der Waals surface area (Å²) >= 11 is 0. The fourth-order valence-electron chi connectivity index (χ4n) is 2.67. The zero-order valence-electron chi connectivity index (χ0n) is 16.2. The van der Waals surface area contributed by atoms with Crippen molar-refractivity contribution in [2.24, 2.45) is 0 Å². The molecule has 3 unspecified atom stereocenters. The Morgan fingerprint density at radius 2 is 2.21 bits per heavy atom. The molecule has 0 aromatic heterocycles. The van der Waals surface area contributed by atoms with E-state index in [0.717, 1.165) is 17.9 Å². The third-order valence-corrected chi connectivity index (χ3v) is 7.40. The van der Waals surface area contributed by atoms with Crippen molar-refractivity contribution in [1.29, 1.82) is 0 Å². The normalized spacial score (nSPS) is 25.9. The Labute approximate surface area is 226 Å². The number of nitrogens with zero attached hydrogens (tertiary/aromatic N) is 2. The van der Waals surface area contributed by atoms with Crippen LogP contribution in [0.3, 0.4) is 0 Å². The number of nitrogens with one attached hydrogen (secondary N) is 2. The first kappa shape index (κ1) is 29.8. The summed E-state index contributed by atoms with van der Waals surface area (Å²) in [6.07, 6.45) is 5.58. The molecule has 2 heterocycles. The maximum Gasteiger partial charge on any atom is 0.315 e. The van der Waals surface area contributed by atoms with Gasteiger partial charge in [0.15, 0.2) is 0 Å². The van der Waals surface area contributed by atoms with Gasteiger partial charge in [-0.2, -0.15) is 11.7 Å². The fraction of sp³-hybridized carbons (Fsp3) is 0.733. The van der Waals surface area contributed by atoms with E-state index in [1.54, 1.807) is 23.1 Å². The van der Waals surface area contributed by atoms with Gasteiger partial charge in [-0.1, -0.05) is 5.57 Å². The molecule has 0 amide bonds. The first-order chi connectivity index (χ1) is 12.4. The Hall–Kier alpha value is 1.76. The fourth-order valence-corrected chi connectivity index (χ4v) is 5.07. The second kappa shape index (κ2) is 15.5. The summed E-state index contributed by atoms with van der Waals surface area (Å²) < 4.78 is 38.4. The van der Waals surface area contributed by atoms with Crippen LogP contribution in [0.15, 0.2) is 23.8 Å². The van der Waals surface area contributed by atoms with Crippen LogP contribution in [-0.4, -0.2) is 60.8 Å². The summed E-state index contributed by atoms with van der Waals surface area (Å²) in [5, 5.41) is 13.0. The van der Waals surface area contributed by atoms with Crippen LogP contribution in [0.5, 0.6) is 0 Å². The topological polar surface area (TPSA) is 97.2 Å². The monoisotopic (exact) mass is 640 g/mol. The van der Waals surface area contributed by atoms with Gasteiger partial charge >= 0.3 is 7.52 Å². The minimum atomic E-state index is -2.98. The number of ether oxygens (including phenoxy) is 1. The van der Waals surface area contributed by atoms with Gasteiger partial charge in [0.1, 0.15) is 12.0 Å². The van der Waals surface area contributed by atoms with Crippen LogP contribution in [0, 0.1) is 40.8 Å². The molecule has 157 valence electrons. The molecule has 2 rings (SSSR count). The first-order valence-electron chi connectivity index (χ1n) is 8.61. The van der Waals surface area contributed by atoms with E-state index < -0.39 is 7.52 Å². The molecule has 3 N–H and O–H groups in total. The van der Waals surface area contributed by atoms with Crippen molar-refractivity contribution in [3.63, 3.8) is 0 Å². The van der Waals surface area contributed by atoms with Crippen LogP contribution in [-0.2, 0) is 46.5 Å². The molecule has 0 spiro atoms. The van der Waals surface area contributed by atoms with Crippen LogP contribution in [0.1, 0.15) is 19.8 Å². The first-order valence-corrected chi connectivity index (χ1v) is 12.0. The van der Waals surface area contributed by atoms with Crippen molar-refractivity contribution >= 4 is 16.1 Å². The van der Waals surface area contributed by atoms with Crippen LogP contribution in [0.25, 0.3) is 5.32 Å². The number of piperidine rings is 1. The second-order valence-corrected chi connectivity index (χ2v) is 10.1. The quantitative estimate of drug-likeness (QED) is 0.162. The number of halogens is 1. The van der Waals surface area contributed by atoms with Crippen molar-refractivity contribution in [3.8, 4) is 0 Å². The largest absolute Gasteiger partial charge is 0.656 e. The molecule has 2 saturated heterocycles. The molecule has 0 saturated carbocycles. The summed E-state index contributed by atoms with van der Waals surface area (Å²) in [7, 11) is -2.33. The van der Waals surface area contributed by atoms with E-state index in [1.807, 2.05) is 6.92 Å². The van der Waals surface area contributed by atoms with Gasteiger partial charge < -0.3 is 19.8 Å². The van der Waals surface area contributed by atoms with Gasteiger partial charge in [0.25, 0.3) is 0 Å². The molecule has 0 bridgehead atoms. The number of hydroxylamine groups is 1. The Balaban J connectivity index is 0.00000364. The molecule has 0 aromatic carbocycles. The van der Waals surface area contributed by atoms with Crippen LogP contribution in [0.4, 0.5) is 4.48 Å². The Morgan fingerprint density at radius 3 is 2.82 bits per heavy atom. The molecule has 3 atom stereocenters. The molecule has 8 nitrogen and oxygen atoms in total. The Morgan fingerprint density at radius 1 is 1.54 bits per heavy atom. The van der Waals surface area contributed by atoms with Gasteiger partial charge in [-0.3, -0.25) is 4.57 Å². The van der Waals surface area contributed by atoms with Gasteiger partial charge in [0, 0.05) is 118 Å². The van der Waals surface area contributed by atoms with E-state index in [-0.39, 0.29) is 85.8 Å². The molecular weight excluding hydrogens is 614 g/mol. The van der Waals surface area contributed by atoms with Gasteiger partial charge in [-0.05, 0) is 25.9 Å². The zero-order valence-corrected chi connectivity index (χ0v) is 24.2. The van der Waals surface area contributed by atoms with E-state index in [9.17, 15) is 9.05 Å². The van der Waals surface area contributed by atoms with Crippen molar-refractivity contribution < 1.29 is 97.1 Å². The molecular formula is C15H28FN4NdO4P2Y-. The van der Waals surface area contributed by atoms with E-state index in [0.29, 0.717) is 46.8 Å². The second-order valence-electron chi connectivity index (χ2n) is 6.49. The maximum absolute atomic E-state index is 12.8. The average Bonchev–Trinajstić information content (AvgIpc) is 2.65. The average molecular weight is 643 g/mol. The van der Waals surface area contributed by atoms with Crippen LogP contribution < -0.4 is 11.0 Å². The minimum absolute atomic E-state index is 0. The third-order valence-electron chi connectivity index (χ3n) is 4.24. The number of hydrogen-bond acceptors (Lipinski definition) is 6. The Kier molecular flexibility index (Phi) is 16.5. The summed E-state index contributed by atoms with van der Waals surface area (Å²) in [5.41, 5.74) is 4.74. The predicted molar refractivity (Wildman–Crippen MR) is 101 cm³/mol. The summed E-state index contributed by atoms with van der Waals surface area (Å²) in [6.45, 7) is 4.84. The summed E-state index contributed by atoms with van der Waals surface area (Å²) in [4.78, 5) is 0. The molecule has 0 aliphatic carbocycles. The SMILES string of the molecule is C/C(=C/[N-]C1CPCC(=COP(C)(=O)N2CCC(NF)CC2)O1)CNO.[Nd].[Y]. The zero-order chi connectivity index (χ0) is 19.0. The van der Waals surface area contributed by atoms with Crippen molar-refractivity contribution in [1.82, 2.24) is 15.7 Å². The smallest absolute Gasteiger partial charge is 0.315 e. The molecule has 2 fully saturated rings. The van der Waals surface area contributed by atoms with Crippen molar-refractivity contribution in [3.05, 3.63) is 29.1 Å². The van der Waals surface area contributed by atoms with Crippen molar-refractivity contribution in [2.75, 3.05) is 38.6 Å². The molecule has 0 aromatic rings. The van der Waals surface area contributed by atoms with E-state index in [1.165, 1.54) is 6.26 Å². The minimum Gasteiger partial charge on any atom is -0.656 e. The molecule has 13 heteroatoms. The van der Waals surface area contributed by atoms with Gasteiger partial charge in [-0.15, -0.1) is 13.1 Å². The maximum atomic E-state index is 12.8. The van der Waals surface area contributed by atoms with E-state index >= 15 is 0 Å². The molecule has 2 aliphatic rings. The Bertz CT molecular complexity index is 568. The summed E-state index contributed by atoms with van der Waals surface area (Å²) in [6, 6.07) is -0.174. The molecule has 28 heavy (non-hydrogen) atoms. The van der Waals surface area contributed by atoms with E-state index in [4.69, 9.17) is 14.5 Å². The molecule has 2 aliphatic heterocycles. The number of hydrogen-bond donors (Lipinski definition) is 3. The van der Waals surface area contributed by atoms with Gasteiger partial charge in [-0.25, -0.2) is 10.2 Å². The molecule has 1 radical (unpaired) electrons. The number of allylic oxidation sites excluding steroid dienone is 1. The third kappa shape index (κ3) is 10.4. The van der Waals surface area contributed by atoms with Crippen molar-refractivity contribution in [2.45, 2.75) is 32.0 Å².